The predicted octanol–water partition coefficient (Wildman–Crippen LogP) is 5.07. The van der Waals surface area contributed by atoms with Gasteiger partial charge in [-0.15, -0.1) is 0 Å². The van der Waals surface area contributed by atoms with Crippen molar-refractivity contribution in [1.82, 2.24) is 0 Å². The predicted molar refractivity (Wildman–Crippen MR) is 76.9 cm³/mol. The molecule has 20 heavy (non-hydrogen) atoms. The Balaban J connectivity index is 2.13. The van der Waals surface area contributed by atoms with Crippen LogP contribution in [0.3, 0.4) is 0 Å². The van der Waals surface area contributed by atoms with Crippen molar-refractivity contribution in [1.29, 1.82) is 0 Å². The molecule has 0 amide bonds. The minimum Gasteiger partial charge on any atom is -0.171 e. The Kier molecular flexibility index (Phi) is 5.12. The van der Waals surface area contributed by atoms with E-state index in [-0.39, 0.29) is 17.3 Å². The molecular weight excluding hydrogens is 281 g/mol. The van der Waals surface area contributed by atoms with Crippen molar-refractivity contribution in [3.05, 3.63) is 60.7 Å². The topological polar surface area (TPSA) is 0 Å². The Labute approximate surface area is 120 Å². The van der Waals surface area contributed by atoms with E-state index in [2.05, 4.69) is 0 Å². The number of hydrogen-bond donors (Lipinski definition) is 0. The van der Waals surface area contributed by atoms with Gasteiger partial charge < -0.3 is 0 Å². The highest BCUT2D eigenvalue weighted by molar-refractivity contribution is 7.97. The highest BCUT2D eigenvalue weighted by Crippen LogP contribution is 2.27. The summed E-state index contributed by atoms with van der Waals surface area (Å²) in [4.78, 5) is 2.20. The molecule has 0 nitrogen and oxygen atoms in total. The molecule has 2 rings (SSSR count). The Morgan fingerprint density at radius 2 is 1.20 bits per heavy atom. The highest BCUT2D eigenvalue weighted by Gasteiger charge is 2.30. The third-order valence-corrected chi connectivity index (χ3v) is 5.24. The van der Waals surface area contributed by atoms with Gasteiger partial charge in [-0.2, -0.15) is 13.2 Å². The second kappa shape index (κ2) is 6.84. The van der Waals surface area contributed by atoms with E-state index >= 15 is 0 Å². The summed E-state index contributed by atoms with van der Waals surface area (Å²) in [6.07, 6.45) is -4.62. The summed E-state index contributed by atoms with van der Waals surface area (Å²) in [6, 6.07) is 19.5. The molecule has 0 aliphatic rings. The van der Waals surface area contributed by atoms with Crippen LogP contribution in [0.5, 0.6) is 0 Å². The van der Waals surface area contributed by atoms with Crippen molar-refractivity contribution >= 4 is 10.9 Å². The maximum Gasteiger partial charge on any atom is 0.389 e. The summed E-state index contributed by atoms with van der Waals surface area (Å²) < 4.78 is 36.9. The minimum absolute atomic E-state index is 0.163. The lowest BCUT2D eigenvalue weighted by molar-refractivity contribution is -0.134. The molecule has 0 radical (unpaired) electrons. The first-order chi connectivity index (χ1) is 9.56. The summed E-state index contributed by atoms with van der Waals surface area (Å²) in [5.41, 5.74) is 0. The third-order valence-electron chi connectivity index (χ3n) is 2.86. The molecule has 4 heteroatoms. The van der Waals surface area contributed by atoms with Crippen molar-refractivity contribution in [2.45, 2.75) is 28.8 Å². The fourth-order valence-corrected chi connectivity index (χ4v) is 4.11. The fourth-order valence-electron chi connectivity index (χ4n) is 1.96. The van der Waals surface area contributed by atoms with Crippen LogP contribution in [0.25, 0.3) is 0 Å². The molecule has 0 aromatic heterocycles. The van der Waals surface area contributed by atoms with E-state index in [0.29, 0.717) is 5.75 Å². The van der Waals surface area contributed by atoms with Gasteiger partial charge in [0.25, 0.3) is 0 Å². The van der Waals surface area contributed by atoms with Crippen LogP contribution in [-0.2, 0) is 10.9 Å². The number of hydrogen-bond acceptors (Lipinski definition) is 0. The summed E-state index contributed by atoms with van der Waals surface area (Å²) in [7, 11) is -0.286. The van der Waals surface area contributed by atoms with E-state index in [1.807, 2.05) is 60.7 Å². The molecule has 2 aromatic carbocycles. The van der Waals surface area contributed by atoms with Gasteiger partial charge in [-0.1, -0.05) is 36.4 Å². The second-order valence-corrected chi connectivity index (χ2v) is 6.57. The zero-order valence-electron chi connectivity index (χ0n) is 10.9. The van der Waals surface area contributed by atoms with Crippen molar-refractivity contribution in [2.24, 2.45) is 0 Å². The maximum atomic E-state index is 12.3. The van der Waals surface area contributed by atoms with Crippen molar-refractivity contribution in [3.8, 4) is 0 Å². The van der Waals surface area contributed by atoms with Gasteiger partial charge in [-0.3, -0.25) is 0 Å². The summed E-state index contributed by atoms with van der Waals surface area (Å²) in [5, 5.41) is 0. The van der Waals surface area contributed by atoms with Crippen LogP contribution in [0.4, 0.5) is 13.2 Å². The van der Waals surface area contributed by atoms with E-state index in [9.17, 15) is 13.2 Å². The molecule has 0 atom stereocenters. The molecule has 0 aliphatic heterocycles. The Morgan fingerprint density at radius 1 is 0.750 bits per heavy atom. The number of alkyl halides is 3. The zero-order valence-corrected chi connectivity index (χ0v) is 11.8. The quantitative estimate of drug-likeness (QED) is 0.676. The van der Waals surface area contributed by atoms with Crippen molar-refractivity contribution in [2.75, 3.05) is 5.75 Å². The molecule has 0 fully saturated rings. The number of rotatable bonds is 5. The van der Waals surface area contributed by atoms with Crippen molar-refractivity contribution < 1.29 is 13.2 Å². The average Bonchev–Trinajstić information content (AvgIpc) is 2.44. The first-order valence-electron chi connectivity index (χ1n) is 6.44. The van der Waals surface area contributed by atoms with Gasteiger partial charge in [-0.25, -0.2) is 0 Å². The van der Waals surface area contributed by atoms with Gasteiger partial charge in [0, 0.05) is 12.8 Å². The van der Waals surface area contributed by atoms with Crippen molar-refractivity contribution in [3.63, 3.8) is 0 Å². The van der Waals surface area contributed by atoms with E-state index in [1.165, 1.54) is 0 Å². The second-order valence-electron chi connectivity index (χ2n) is 4.44. The van der Waals surface area contributed by atoms with Crippen LogP contribution < -0.4 is 0 Å². The van der Waals surface area contributed by atoms with Gasteiger partial charge >= 0.3 is 6.18 Å². The van der Waals surface area contributed by atoms with E-state index < -0.39 is 12.6 Å². The van der Waals surface area contributed by atoms with Crippen LogP contribution in [0.1, 0.15) is 12.8 Å². The molecule has 0 unspecified atom stereocenters. The van der Waals surface area contributed by atoms with Crippen LogP contribution in [0.2, 0.25) is 0 Å². The molecular formula is C16H16F3S+. The molecule has 0 saturated carbocycles. The zero-order chi connectivity index (χ0) is 14.4. The molecule has 0 heterocycles. The first-order valence-corrected chi connectivity index (χ1v) is 7.83. The monoisotopic (exact) mass is 297 g/mol. The van der Waals surface area contributed by atoms with Crippen LogP contribution in [0.15, 0.2) is 70.5 Å². The lowest BCUT2D eigenvalue weighted by atomic mass is 10.3. The lowest BCUT2D eigenvalue weighted by Crippen LogP contribution is -2.13. The maximum absolute atomic E-state index is 12.3. The summed E-state index contributed by atoms with van der Waals surface area (Å²) >= 11 is 0. The third kappa shape index (κ3) is 4.60. The van der Waals surface area contributed by atoms with Gasteiger partial charge in [0.05, 0.1) is 10.9 Å². The molecule has 0 bridgehead atoms. The van der Waals surface area contributed by atoms with Crippen LogP contribution in [-0.4, -0.2) is 11.9 Å². The molecule has 0 N–H and O–H groups in total. The largest absolute Gasteiger partial charge is 0.389 e. The minimum atomic E-state index is -4.07. The fraction of sp³-hybridized carbons (Fsp3) is 0.250. The molecule has 0 saturated heterocycles. The van der Waals surface area contributed by atoms with Gasteiger partial charge in [0.1, 0.15) is 5.75 Å². The number of benzene rings is 2. The average molecular weight is 297 g/mol. The van der Waals surface area contributed by atoms with Gasteiger partial charge in [0.2, 0.25) is 0 Å². The molecule has 106 valence electrons. The Hall–Kier alpha value is -1.42. The van der Waals surface area contributed by atoms with E-state index in [1.54, 1.807) is 0 Å². The molecule has 0 aliphatic carbocycles. The summed E-state index contributed by atoms with van der Waals surface area (Å²) in [5.74, 6) is 0.535. The molecule has 0 spiro atoms. The summed E-state index contributed by atoms with van der Waals surface area (Å²) in [6.45, 7) is 0. The standard InChI is InChI=1S/C16H16F3S/c17-16(18,19)12-7-13-20(14-8-3-1-4-9-14)15-10-5-2-6-11-15/h1-6,8-11H,7,12-13H2/q+1. The van der Waals surface area contributed by atoms with Crippen LogP contribution in [0, 0.1) is 0 Å². The SMILES string of the molecule is FC(F)(F)CCC[S+](c1ccccc1)c1ccccc1. The number of halogens is 3. The normalized spacial score (nSPS) is 11.8. The Bertz CT molecular complexity index is 469. The van der Waals surface area contributed by atoms with Crippen LogP contribution >= 0.6 is 0 Å². The Morgan fingerprint density at radius 3 is 1.60 bits per heavy atom. The van der Waals surface area contributed by atoms with Gasteiger partial charge in [0.15, 0.2) is 9.79 Å². The first kappa shape index (κ1) is 15.0. The smallest absolute Gasteiger partial charge is 0.171 e. The molecule has 2 aromatic rings. The van der Waals surface area contributed by atoms with Gasteiger partial charge in [-0.05, 0) is 24.3 Å². The highest BCUT2D eigenvalue weighted by atomic mass is 32.2. The van der Waals surface area contributed by atoms with E-state index in [0.717, 1.165) is 9.79 Å². The lowest BCUT2D eigenvalue weighted by Gasteiger charge is -2.09. The van der Waals surface area contributed by atoms with E-state index in [4.69, 9.17) is 0 Å².